The molecule has 11 heavy (non-hydrogen) atoms. The topological polar surface area (TPSA) is 20.3 Å². The molecule has 0 spiro atoms. The van der Waals surface area contributed by atoms with Crippen LogP contribution in [0.4, 0.5) is 0 Å². The summed E-state index contributed by atoms with van der Waals surface area (Å²) in [6.07, 6.45) is 2.09. The first kappa shape index (κ1) is 8.57. The van der Waals surface area contributed by atoms with Gasteiger partial charge in [-0.15, -0.1) is 0 Å². The fourth-order valence-electron chi connectivity index (χ4n) is 1.53. The van der Waals surface area contributed by atoms with Gasteiger partial charge in [0.2, 0.25) is 5.91 Å². The zero-order chi connectivity index (χ0) is 8.48. The Bertz CT molecular complexity index is 163. The molecule has 0 atom stereocenters. The van der Waals surface area contributed by atoms with Crippen molar-refractivity contribution in [3.8, 4) is 0 Å². The second-order valence-electron chi connectivity index (χ2n) is 3.93. The standard InChI is InChI=1S/C9H17NO/c1-4-6-10-7-5-9(2,3)8(10)11/h4-7H2,1-3H3. The average Bonchev–Trinajstić information content (AvgIpc) is 2.17. The van der Waals surface area contributed by atoms with E-state index in [-0.39, 0.29) is 5.41 Å². The van der Waals surface area contributed by atoms with Crippen LogP contribution in [0.5, 0.6) is 0 Å². The summed E-state index contributed by atoms with van der Waals surface area (Å²) >= 11 is 0. The van der Waals surface area contributed by atoms with Crippen molar-refractivity contribution in [2.45, 2.75) is 33.6 Å². The fourth-order valence-corrected chi connectivity index (χ4v) is 1.53. The molecular weight excluding hydrogens is 138 g/mol. The number of amides is 1. The summed E-state index contributed by atoms with van der Waals surface area (Å²) in [5.41, 5.74) is -0.0881. The third-order valence-corrected chi connectivity index (χ3v) is 2.37. The van der Waals surface area contributed by atoms with Crippen molar-refractivity contribution in [2.24, 2.45) is 5.41 Å². The molecule has 0 radical (unpaired) electrons. The fraction of sp³-hybridized carbons (Fsp3) is 0.889. The molecule has 0 unspecified atom stereocenters. The molecule has 0 aromatic rings. The number of nitrogens with zero attached hydrogens (tertiary/aromatic N) is 1. The van der Waals surface area contributed by atoms with E-state index in [9.17, 15) is 4.79 Å². The molecule has 0 aromatic heterocycles. The number of rotatable bonds is 2. The predicted molar refractivity (Wildman–Crippen MR) is 45.3 cm³/mol. The Balaban J connectivity index is 2.56. The second kappa shape index (κ2) is 2.84. The summed E-state index contributed by atoms with van der Waals surface area (Å²) in [5, 5.41) is 0. The van der Waals surface area contributed by atoms with Crippen molar-refractivity contribution in [1.82, 2.24) is 4.90 Å². The van der Waals surface area contributed by atoms with Crippen LogP contribution in [0.2, 0.25) is 0 Å². The largest absolute Gasteiger partial charge is 0.342 e. The van der Waals surface area contributed by atoms with Gasteiger partial charge in [-0.2, -0.15) is 0 Å². The van der Waals surface area contributed by atoms with E-state index in [2.05, 4.69) is 6.92 Å². The monoisotopic (exact) mass is 155 g/mol. The molecule has 1 amide bonds. The van der Waals surface area contributed by atoms with Gasteiger partial charge in [0, 0.05) is 18.5 Å². The first-order valence-electron chi connectivity index (χ1n) is 4.37. The lowest BCUT2D eigenvalue weighted by atomic mass is 9.92. The van der Waals surface area contributed by atoms with Crippen molar-refractivity contribution in [2.75, 3.05) is 13.1 Å². The first-order valence-corrected chi connectivity index (χ1v) is 4.37. The van der Waals surface area contributed by atoms with Gasteiger partial charge in [-0.3, -0.25) is 4.79 Å². The highest BCUT2D eigenvalue weighted by atomic mass is 16.2. The number of likely N-dealkylation sites (tertiary alicyclic amines) is 1. The Hall–Kier alpha value is -0.530. The molecule has 0 aliphatic carbocycles. The van der Waals surface area contributed by atoms with Crippen molar-refractivity contribution in [3.63, 3.8) is 0 Å². The summed E-state index contributed by atoms with van der Waals surface area (Å²) < 4.78 is 0. The summed E-state index contributed by atoms with van der Waals surface area (Å²) in [7, 11) is 0. The lowest BCUT2D eigenvalue weighted by molar-refractivity contribution is -0.134. The van der Waals surface area contributed by atoms with Crippen LogP contribution in [0.25, 0.3) is 0 Å². The van der Waals surface area contributed by atoms with Crippen LogP contribution < -0.4 is 0 Å². The molecule has 2 heteroatoms. The summed E-state index contributed by atoms with van der Waals surface area (Å²) in [6, 6.07) is 0. The molecule has 64 valence electrons. The van der Waals surface area contributed by atoms with E-state index >= 15 is 0 Å². The smallest absolute Gasteiger partial charge is 0.228 e. The Morgan fingerprint density at radius 3 is 2.55 bits per heavy atom. The zero-order valence-corrected chi connectivity index (χ0v) is 7.68. The van der Waals surface area contributed by atoms with Crippen LogP contribution in [-0.4, -0.2) is 23.9 Å². The van der Waals surface area contributed by atoms with E-state index < -0.39 is 0 Å². The van der Waals surface area contributed by atoms with Gasteiger partial charge >= 0.3 is 0 Å². The summed E-state index contributed by atoms with van der Waals surface area (Å²) in [4.78, 5) is 13.5. The molecule has 0 N–H and O–H groups in total. The van der Waals surface area contributed by atoms with Crippen molar-refractivity contribution in [3.05, 3.63) is 0 Å². The summed E-state index contributed by atoms with van der Waals surface area (Å²) in [6.45, 7) is 8.07. The Morgan fingerprint density at radius 2 is 2.18 bits per heavy atom. The van der Waals surface area contributed by atoms with Crippen LogP contribution >= 0.6 is 0 Å². The molecule has 0 bridgehead atoms. The second-order valence-corrected chi connectivity index (χ2v) is 3.93. The van der Waals surface area contributed by atoms with Crippen molar-refractivity contribution in [1.29, 1.82) is 0 Å². The number of carbonyl (C=O) groups is 1. The third-order valence-electron chi connectivity index (χ3n) is 2.37. The average molecular weight is 155 g/mol. The van der Waals surface area contributed by atoms with Gasteiger partial charge in [-0.25, -0.2) is 0 Å². The molecule has 0 saturated carbocycles. The van der Waals surface area contributed by atoms with Gasteiger partial charge in [0.15, 0.2) is 0 Å². The minimum absolute atomic E-state index is 0.0881. The van der Waals surface area contributed by atoms with Gasteiger partial charge < -0.3 is 4.90 Å². The van der Waals surface area contributed by atoms with E-state index in [0.29, 0.717) is 5.91 Å². The van der Waals surface area contributed by atoms with Crippen LogP contribution in [0.1, 0.15) is 33.6 Å². The van der Waals surface area contributed by atoms with E-state index in [1.165, 1.54) is 0 Å². The van der Waals surface area contributed by atoms with E-state index in [0.717, 1.165) is 25.9 Å². The maximum atomic E-state index is 11.5. The molecule has 2 nitrogen and oxygen atoms in total. The van der Waals surface area contributed by atoms with Gasteiger partial charge in [0.25, 0.3) is 0 Å². The Labute approximate surface area is 68.6 Å². The molecule has 1 rings (SSSR count). The van der Waals surface area contributed by atoms with Crippen LogP contribution in [0, 0.1) is 5.41 Å². The molecular formula is C9H17NO. The molecule has 1 heterocycles. The number of hydrogen-bond acceptors (Lipinski definition) is 1. The normalized spacial score (nSPS) is 22.8. The Kier molecular flexibility index (Phi) is 2.21. The van der Waals surface area contributed by atoms with Crippen LogP contribution in [-0.2, 0) is 4.79 Å². The van der Waals surface area contributed by atoms with Gasteiger partial charge in [0.1, 0.15) is 0 Å². The van der Waals surface area contributed by atoms with Crippen molar-refractivity contribution >= 4 is 5.91 Å². The lowest BCUT2D eigenvalue weighted by Gasteiger charge is -2.18. The highest BCUT2D eigenvalue weighted by Gasteiger charge is 2.37. The molecule has 1 aliphatic rings. The first-order chi connectivity index (χ1) is 5.08. The quantitative estimate of drug-likeness (QED) is 0.594. The molecule has 1 aliphatic heterocycles. The number of hydrogen-bond donors (Lipinski definition) is 0. The van der Waals surface area contributed by atoms with Crippen molar-refractivity contribution < 1.29 is 4.79 Å². The highest BCUT2D eigenvalue weighted by Crippen LogP contribution is 2.30. The maximum Gasteiger partial charge on any atom is 0.228 e. The van der Waals surface area contributed by atoms with Crippen LogP contribution in [0.3, 0.4) is 0 Å². The van der Waals surface area contributed by atoms with Gasteiger partial charge in [0.05, 0.1) is 0 Å². The highest BCUT2D eigenvalue weighted by molar-refractivity contribution is 5.83. The zero-order valence-electron chi connectivity index (χ0n) is 7.68. The molecule has 1 saturated heterocycles. The van der Waals surface area contributed by atoms with Gasteiger partial charge in [-0.05, 0) is 12.8 Å². The molecule has 1 fully saturated rings. The summed E-state index contributed by atoms with van der Waals surface area (Å²) in [5.74, 6) is 0.333. The lowest BCUT2D eigenvalue weighted by Crippen LogP contribution is -2.31. The predicted octanol–water partition coefficient (Wildman–Crippen LogP) is 1.65. The maximum absolute atomic E-state index is 11.5. The SMILES string of the molecule is CCCN1CCC(C)(C)C1=O. The minimum Gasteiger partial charge on any atom is -0.342 e. The third kappa shape index (κ3) is 1.55. The van der Waals surface area contributed by atoms with Crippen LogP contribution in [0.15, 0.2) is 0 Å². The van der Waals surface area contributed by atoms with Gasteiger partial charge in [-0.1, -0.05) is 20.8 Å². The van der Waals surface area contributed by atoms with E-state index in [1.54, 1.807) is 0 Å². The minimum atomic E-state index is -0.0881. The molecule has 0 aromatic carbocycles. The van der Waals surface area contributed by atoms with E-state index in [4.69, 9.17) is 0 Å². The van der Waals surface area contributed by atoms with E-state index in [1.807, 2.05) is 18.7 Å². The number of carbonyl (C=O) groups excluding carboxylic acids is 1. The Morgan fingerprint density at radius 1 is 1.55 bits per heavy atom.